The van der Waals surface area contributed by atoms with Gasteiger partial charge in [0.2, 0.25) is 0 Å². The standard InChI is InChI=1S/C15H19BrO2/c1-8(2)7-18-15-10(4)6-12-11(13(15)16)5-9(3)14(12)17/h6,8-9H,5,7H2,1-4H3. The molecule has 1 unspecified atom stereocenters. The summed E-state index contributed by atoms with van der Waals surface area (Å²) < 4.78 is 6.83. The number of carbonyl (C=O) groups is 1. The SMILES string of the molecule is Cc1cc2c(c(Br)c1OCC(C)C)CC(C)C2=O. The predicted octanol–water partition coefficient (Wildman–Crippen LogP) is 4.17. The summed E-state index contributed by atoms with van der Waals surface area (Å²) in [6.45, 7) is 8.93. The minimum Gasteiger partial charge on any atom is -0.492 e. The molecule has 1 aliphatic carbocycles. The average molecular weight is 311 g/mol. The molecule has 0 spiro atoms. The molecular weight excluding hydrogens is 292 g/mol. The van der Waals surface area contributed by atoms with Crippen LogP contribution in [0, 0.1) is 18.8 Å². The van der Waals surface area contributed by atoms with Crippen molar-refractivity contribution < 1.29 is 9.53 Å². The summed E-state index contributed by atoms with van der Waals surface area (Å²) in [5.41, 5.74) is 3.00. The monoisotopic (exact) mass is 310 g/mol. The zero-order valence-corrected chi connectivity index (χ0v) is 12.9. The van der Waals surface area contributed by atoms with Crippen molar-refractivity contribution in [3.63, 3.8) is 0 Å². The van der Waals surface area contributed by atoms with E-state index in [9.17, 15) is 4.79 Å². The van der Waals surface area contributed by atoms with Crippen LogP contribution in [0.4, 0.5) is 0 Å². The van der Waals surface area contributed by atoms with E-state index in [-0.39, 0.29) is 11.7 Å². The number of carbonyl (C=O) groups excluding carboxylic acids is 1. The molecule has 0 aromatic heterocycles. The van der Waals surface area contributed by atoms with Gasteiger partial charge >= 0.3 is 0 Å². The summed E-state index contributed by atoms with van der Waals surface area (Å²) in [5, 5.41) is 0. The molecule has 1 aromatic carbocycles. The van der Waals surface area contributed by atoms with Gasteiger partial charge in [-0.25, -0.2) is 0 Å². The van der Waals surface area contributed by atoms with E-state index in [1.807, 2.05) is 19.9 Å². The first-order chi connectivity index (χ1) is 8.41. The van der Waals surface area contributed by atoms with E-state index in [1.165, 1.54) is 0 Å². The van der Waals surface area contributed by atoms with E-state index in [2.05, 4.69) is 29.8 Å². The van der Waals surface area contributed by atoms with Crippen LogP contribution in [0.1, 0.15) is 42.3 Å². The highest BCUT2D eigenvalue weighted by atomic mass is 79.9. The maximum atomic E-state index is 12.0. The number of benzene rings is 1. The Bertz CT molecular complexity index is 492. The lowest BCUT2D eigenvalue weighted by Gasteiger charge is -2.15. The van der Waals surface area contributed by atoms with Crippen LogP contribution >= 0.6 is 15.9 Å². The van der Waals surface area contributed by atoms with Crippen molar-refractivity contribution in [2.45, 2.75) is 34.1 Å². The second kappa shape index (κ2) is 5.04. The summed E-state index contributed by atoms with van der Waals surface area (Å²) in [5.74, 6) is 1.73. The van der Waals surface area contributed by atoms with Crippen molar-refractivity contribution in [2.75, 3.05) is 6.61 Å². The number of rotatable bonds is 3. The highest BCUT2D eigenvalue weighted by Crippen LogP contribution is 2.40. The molecule has 0 aliphatic heterocycles. The Labute approximate surface area is 117 Å². The summed E-state index contributed by atoms with van der Waals surface area (Å²) in [4.78, 5) is 12.0. The lowest BCUT2D eigenvalue weighted by Crippen LogP contribution is -2.07. The minimum atomic E-state index is 0.0936. The van der Waals surface area contributed by atoms with Crippen LogP contribution in [0.2, 0.25) is 0 Å². The number of Topliss-reactive ketones (excluding diaryl/α,β-unsaturated/α-hetero) is 1. The number of hydrogen-bond acceptors (Lipinski definition) is 2. The second-order valence-corrected chi connectivity index (χ2v) is 6.33. The first kappa shape index (κ1) is 13.6. The number of halogens is 1. The molecule has 1 atom stereocenters. The van der Waals surface area contributed by atoms with Gasteiger partial charge in [-0.05, 0) is 52.4 Å². The van der Waals surface area contributed by atoms with Gasteiger partial charge in [-0.15, -0.1) is 0 Å². The van der Waals surface area contributed by atoms with Gasteiger partial charge in [0.05, 0.1) is 11.1 Å². The summed E-state index contributed by atoms with van der Waals surface area (Å²) in [6, 6.07) is 1.97. The Kier molecular flexibility index (Phi) is 3.81. The van der Waals surface area contributed by atoms with Gasteiger partial charge in [0.15, 0.2) is 5.78 Å². The Morgan fingerprint density at radius 3 is 2.78 bits per heavy atom. The van der Waals surface area contributed by atoms with Crippen LogP contribution in [-0.4, -0.2) is 12.4 Å². The molecule has 0 saturated heterocycles. The number of hydrogen-bond donors (Lipinski definition) is 0. The van der Waals surface area contributed by atoms with Crippen molar-refractivity contribution in [1.29, 1.82) is 0 Å². The molecular formula is C15H19BrO2. The molecule has 0 bridgehead atoms. The summed E-state index contributed by atoms with van der Waals surface area (Å²) in [6.07, 6.45) is 0.813. The molecule has 0 heterocycles. The van der Waals surface area contributed by atoms with Gasteiger partial charge in [0.1, 0.15) is 5.75 Å². The molecule has 0 radical (unpaired) electrons. The third kappa shape index (κ3) is 2.33. The molecule has 0 fully saturated rings. The van der Waals surface area contributed by atoms with E-state index in [1.54, 1.807) is 0 Å². The van der Waals surface area contributed by atoms with Crippen molar-refractivity contribution in [3.05, 3.63) is 27.2 Å². The first-order valence-corrected chi connectivity index (χ1v) is 7.20. The van der Waals surface area contributed by atoms with Gasteiger partial charge in [-0.2, -0.15) is 0 Å². The maximum Gasteiger partial charge on any atom is 0.166 e. The van der Waals surface area contributed by atoms with Crippen molar-refractivity contribution >= 4 is 21.7 Å². The molecule has 1 aliphatic rings. The molecule has 18 heavy (non-hydrogen) atoms. The van der Waals surface area contributed by atoms with Crippen LogP contribution in [0.15, 0.2) is 10.5 Å². The summed E-state index contributed by atoms with van der Waals surface area (Å²) >= 11 is 3.61. The molecule has 3 heteroatoms. The fourth-order valence-corrected chi connectivity index (χ4v) is 3.11. The Morgan fingerprint density at radius 2 is 2.17 bits per heavy atom. The predicted molar refractivity (Wildman–Crippen MR) is 76.4 cm³/mol. The summed E-state index contributed by atoms with van der Waals surface area (Å²) in [7, 11) is 0. The number of ether oxygens (including phenoxy) is 1. The molecule has 1 aromatic rings. The van der Waals surface area contributed by atoms with Crippen LogP contribution in [0.5, 0.6) is 5.75 Å². The number of aryl methyl sites for hydroxylation is 1. The van der Waals surface area contributed by atoms with Crippen molar-refractivity contribution in [3.8, 4) is 5.75 Å². The third-order valence-corrected chi connectivity index (χ3v) is 4.13. The van der Waals surface area contributed by atoms with Gasteiger partial charge in [0, 0.05) is 11.5 Å². The van der Waals surface area contributed by atoms with E-state index in [0.717, 1.165) is 33.3 Å². The lowest BCUT2D eigenvalue weighted by molar-refractivity contribution is 0.0946. The third-order valence-electron chi connectivity index (χ3n) is 3.29. The zero-order chi connectivity index (χ0) is 13.4. The highest BCUT2D eigenvalue weighted by molar-refractivity contribution is 9.10. The van der Waals surface area contributed by atoms with E-state index in [0.29, 0.717) is 12.5 Å². The fourth-order valence-electron chi connectivity index (χ4n) is 2.31. The molecule has 0 N–H and O–H groups in total. The topological polar surface area (TPSA) is 26.3 Å². The van der Waals surface area contributed by atoms with Crippen LogP contribution < -0.4 is 4.74 Å². The molecule has 98 valence electrons. The molecule has 2 rings (SSSR count). The Balaban J connectivity index is 2.40. The number of fused-ring (bicyclic) bond motifs is 1. The highest BCUT2D eigenvalue weighted by Gasteiger charge is 2.30. The van der Waals surface area contributed by atoms with Gasteiger partial charge in [0.25, 0.3) is 0 Å². The van der Waals surface area contributed by atoms with E-state index >= 15 is 0 Å². The minimum absolute atomic E-state index is 0.0936. The average Bonchev–Trinajstić information content (AvgIpc) is 2.56. The fraction of sp³-hybridized carbons (Fsp3) is 0.533. The first-order valence-electron chi connectivity index (χ1n) is 6.40. The Morgan fingerprint density at radius 1 is 1.50 bits per heavy atom. The molecule has 0 saturated carbocycles. The van der Waals surface area contributed by atoms with Crippen LogP contribution in [-0.2, 0) is 6.42 Å². The van der Waals surface area contributed by atoms with Crippen LogP contribution in [0.3, 0.4) is 0 Å². The smallest absolute Gasteiger partial charge is 0.166 e. The van der Waals surface area contributed by atoms with Crippen LogP contribution in [0.25, 0.3) is 0 Å². The largest absolute Gasteiger partial charge is 0.492 e. The quantitative estimate of drug-likeness (QED) is 0.837. The van der Waals surface area contributed by atoms with Crippen molar-refractivity contribution in [1.82, 2.24) is 0 Å². The maximum absolute atomic E-state index is 12.0. The van der Waals surface area contributed by atoms with E-state index in [4.69, 9.17) is 4.74 Å². The normalized spacial score (nSPS) is 18.3. The van der Waals surface area contributed by atoms with Gasteiger partial charge < -0.3 is 4.74 Å². The zero-order valence-electron chi connectivity index (χ0n) is 11.3. The van der Waals surface area contributed by atoms with Gasteiger partial charge in [-0.3, -0.25) is 4.79 Å². The molecule has 0 amide bonds. The number of ketones is 1. The van der Waals surface area contributed by atoms with Gasteiger partial charge in [-0.1, -0.05) is 20.8 Å². The van der Waals surface area contributed by atoms with Crippen molar-refractivity contribution in [2.24, 2.45) is 11.8 Å². The van der Waals surface area contributed by atoms with E-state index < -0.39 is 0 Å². The molecule has 2 nitrogen and oxygen atoms in total. The lowest BCUT2D eigenvalue weighted by atomic mass is 10.1. The second-order valence-electron chi connectivity index (χ2n) is 5.54. The Hall–Kier alpha value is -0.830.